The van der Waals surface area contributed by atoms with Crippen LogP contribution in [0.15, 0.2) is 60.7 Å². The molecule has 0 saturated carbocycles. The number of aromatic hydroxyl groups is 1. The standard InChI is InChI=1S/C18H30N2O.C6H6/c1-4-5-10-20-11-9-18(16(14-20)13-19(2)3)15-7-6-8-17(21)12-15;1-2-4-6-5-3-1/h6-8,12,16,18,21H,4-5,9-11,13-14H2,1-3H3;1-6H. The quantitative estimate of drug-likeness (QED) is 0.790. The van der Waals surface area contributed by atoms with Crippen LogP contribution in [0.2, 0.25) is 0 Å². The zero-order valence-corrected chi connectivity index (χ0v) is 17.2. The second kappa shape index (κ2) is 11.8. The predicted molar refractivity (Wildman–Crippen MR) is 115 cm³/mol. The monoisotopic (exact) mass is 368 g/mol. The van der Waals surface area contributed by atoms with E-state index in [1.54, 1.807) is 6.07 Å². The number of rotatable bonds is 6. The van der Waals surface area contributed by atoms with Gasteiger partial charge in [-0.05, 0) is 69.6 Å². The minimum atomic E-state index is 0.393. The van der Waals surface area contributed by atoms with Crippen LogP contribution < -0.4 is 0 Å². The van der Waals surface area contributed by atoms with Gasteiger partial charge in [0.25, 0.3) is 0 Å². The lowest BCUT2D eigenvalue weighted by molar-refractivity contribution is 0.129. The average molecular weight is 369 g/mol. The van der Waals surface area contributed by atoms with Gasteiger partial charge < -0.3 is 14.9 Å². The first-order valence-electron chi connectivity index (χ1n) is 10.3. The van der Waals surface area contributed by atoms with Crippen LogP contribution in [0.4, 0.5) is 0 Å². The fraction of sp³-hybridized carbons (Fsp3) is 0.500. The van der Waals surface area contributed by atoms with Gasteiger partial charge in [-0.3, -0.25) is 0 Å². The van der Waals surface area contributed by atoms with Crippen LogP contribution in [0.5, 0.6) is 5.75 Å². The number of hydrogen-bond donors (Lipinski definition) is 1. The minimum Gasteiger partial charge on any atom is -0.508 e. The molecule has 0 bridgehead atoms. The first kappa shape index (κ1) is 21.5. The maximum atomic E-state index is 9.76. The van der Waals surface area contributed by atoms with Gasteiger partial charge in [0.1, 0.15) is 5.75 Å². The number of piperidine rings is 1. The Morgan fingerprint density at radius 2 is 1.70 bits per heavy atom. The van der Waals surface area contributed by atoms with Crippen molar-refractivity contribution in [1.82, 2.24) is 9.80 Å². The molecule has 27 heavy (non-hydrogen) atoms. The first-order chi connectivity index (χ1) is 13.1. The largest absolute Gasteiger partial charge is 0.508 e. The van der Waals surface area contributed by atoms with Crippen molar-refractivity contribution in [2.75, 3.05) is 40.3 Å². The second-order valence-electron chi connectivity index (χ2n) is 7.82. The summed E-state index contributed by atoms with van der Waals surface area (Å²) in [7, 11) is 4.31. The third-order valence-electron chi connectivity index (χ3n) is 5.21. The lowest BCUT2D eigenvalue weighted by Gasteiger charge is -2.40. The van der Waals surface area contributed by atoms with Gasteiger partial charge >= 0.3 is 0 Å². The first-order valence-corrected chi connectivity index (χ1v) is 10.3. The number of phenolic OH excluding ortho intramolecular Hbond substituents is 1. The number of phenols is 1. The molecule has 3 heteroatoms. The van der Waals surface area contributed by atoms with Crippen LogP contribution in [0.3, 0.4) is 0 Å². The van der Waals surface area contributed by atoms with Gasteiger partial charge in [0.05, 0.1) is 0 Å². The molecule has 148 valence electrons. The van der Waals surface area contributed by atoms with E-state index in [0.29, 0.717) is 17.6 Å². The Morgan fingerprint density at radius 3 is 2.26 bits per heavy atom. The number of likely N-dealkylation sites (tertiary alicyclic amines) is 1. The van der Waals surface area contributed by atoms with Gasteiger partial charge in [-0.15, -0.1) is 0 Å². The summed E-state index contributed by atoms with van der Waals surface area (Å²) in [6.45, 7) is 6.97. The van der Waals surface area contributed by atoms with Crippen molar-refractivity contribution < 1.29 is 5.11 Å². The molecular weight excluding hydrogens is 332 g/mol. The fourth-order valence-electron chi connectivity index (χ4n) is 3.93. The smallest absolute Gasteiger partial charge is 0.115 e. The summed E-state index contributed by atoms with van der Waals surface area (Å²) in [6.07, 6.45) is 3.77. The predicted octanol–water partition coefficient (Wildman–Crippen LogP) is 4.85. The molecule has 1 aliphatic heterocycles. The molecule has 0 radical (unpaired) electrons. The molecule has 1 N–H and O–H groups in total. The maximum Gasteiger partial charge on any atom is 0.115 e. The fourth-order valence-corrected chi connectivity index (χ4v) is 3.93. The van der Waals surface area contributed by atoms with Crippen molar-refractivity contribution in [2.45, 2.75) is 32.1 Å². The summed E-state index contributed by atoms with van der Waals surface area (Å²) < 4.78 is 0. The summed E-state index contributed by atoms with van der Waals surface area (Å²) in [6, 6.07) is 19.9. The highest BCUT2D eigenvalue weighted by atomic mass is 16.3. The average Bonchev–Trinajstić information content (AvgIpc) is 2.68. The molecule has 0 amide bonds. The molecule has 2 atom stereocenters. The van der Waals surface area contributed by atoms with Crippen molar-refractivity contribution in [3.05, 3.63) is 66.2 Å². The molecule has 1 fully saturated rings. The summed E-state index contributed by atoms with van der Waals surface area (Å²) in [5, 5.41) is 9.76. The topological polar surface area (TPSA) is 26.7 Å². The van der Waals surface area contributed by atoms with Crippen LogP contribution in [0, 0.1) is 5.92 Å². The Morgan fingerprint density at radius 1 is 1.04 bits per heavy atom. The Hall–Kier alpha value is -1.84. The SMILES string of the molecule is CCCCN1CCC(c2cccc(O)c2)C(CN(C)C)C1.c1ccccc1. The van der Waals surface area contributed by atoms with Gasteiger partial charge in [-0.25, -0.2) is 0 Å². The molecule has 2 unspecified atom stereocenters. The van der Waals surface area contributed by atoms with Crippen molar-refractivity contribution in [3.8, 4) is 5.75 Å². The Kier molecular flexibility index (Phi) is 9.37. The van der Waals surface area contributed by atoms with E-state index in [9.17, 15) is 5.11 Å². The number of hydrogen-bond acceptors (Lipinski definition) is 3. The molecule has 0 spiro atoms. The zero-order valence-electron chi connectivity index (χ0n) is 17.2. The highest BCUT2D eigenvalue weighted by Crippen LogP contribution is 2.34. The molecule has 3 rings (SSSR count). The molecule has 2 aromatic carbocycles. The third-order valence-corrected chi connectivity index (χ3v) is 5.21. The van der Waals surface area contributed by atoms with Crippen LogP contribution in [-0.4, -0.2) is 55.2 Å². The molecule has 2 aromatic rings. The van der Waals surface area contributed by atoms with Crippen molar-refractivity contribution in [1.29, 1.82) is 0 Å². The highest BCUT2D eigenvalue weighted by Gasteiger charge is 2.30. The maximum absolute atomic E-state index is 9.76. The second-order valence-corrected chi connectivity index (χ2v) is 7.82. The van der Waals surface area contributed by atoms with E-state index < -0.39 is 0 Å². The Labute approximate surface area is 165 Å². The molecule has 1 heterocycles. The van der Waals surface area contributed by atoms with Crippen molar-refractivity contribution in [3.63, 3.8) is 0 Å². The summed E-state index contributed by atoms with van der Waals surface area (Å²) >= 11 is 0. The van der Waals surface area contributed by atoms with E-state index in [1.807, 2.05) is 48.5 Å². The van der Waals surface area contributed by atoms with Gasteiger partial charge in [-0.2, -0.15) is 0 Å². The lowest BCUT2D eigenvalue weighted by Crippen LogP contribution is -2.43. The molecular formula is C24H36N2O. The van der Waals surface area contributed by atoms with Gasteiger partial charge in [0.2, 0.25) is 0 Å². The Bertz CT molecular complexity index is 603. The summed E-state index contributed by atoms with van der Waals surface area (Å²) in [5.74, 6) is 1.61. The third kappa shape index (κ3) is 7.74. The number of nitrogens with zero attached hydrogens (tertiary/aromatic N) is 2. The van der Waals surface area contributed by atoms with Gasteiger partial charge in [0, 0.05) is 13.1 Å². The van der Waals surface area contributed by atoms with E-state index in [2.05, 4.69) is 36.9 Å². The lowest BCUT2D eigenvalue weighted by atomic mass is 9.80. The van der Waals surface area contributed by atoms with E-state index in [-0.39, 0.29) is 0 Å². The molecule has 0 aromatic heterocycles. The van der Waals surface area contributed by atoms with E-state index in [0.717, 1.165) is 6.54 Å². The zero-order chi connectivity index (χ0) is 19.5. The molecule has 1 aliphatic rings. The van der Waals surface area contributed by atoms with Crippen LogP contribution in [0.1, 0.15) is 37.7 Å². The van der Waals surface area contributed by atoms with Crippen LogP contribution in [-0.2, 0) is 0 Å². The van der Waals surface area contributed by atoms with E-state index in [4.69, 9.17) is 0 Å². The normalized spacial score (nSPS) is 20.1. The van der Waals surface area contributed by atoms with Gasteiger partial charge in [0.15, 0.2) is 0 Å². The number of unbranched alkanes of at least 4 members (excludes halogenated alkanes) is 1. The van der Waals surface area contributed by atoms with Gasteiger partial charge in [-0.1, -0.05) is 61.9 Å². The summed E-state index contributed by atoms with van der Waals surface area (Å²) in [4.78, 5) is 4.92. The highest BCUT2D eigenvalue weighted by molar-refractivity contribution is 5.30. The van der Waals surface area contributed by atoms with Crippen molar-refractivity contribution in [2.24, 2.45) is 5.92 Å². The summed E-state index contributed by atoms with van der Waals surface area (Å²) in [5.41, 5.74) is 1.30. The van der Waals surface area contributed by atoms with E-state index >= 15 is 0 Å². The van der Waals surface area contributed by atoms with Crippen molar-refractivity contribution >= 4 is 0 Å². The number of benzene rings is 2. The Balaban J connectivity index is 0.000000369. The van der Waals surface area contributed by atoms with Crippen LogP contribution in [0.25, 0.3) is 0 Å². The minimum absolute atomic E-state index is 0.393. The van der Waals surface area contributed by atoms with Crippen LogP contribution >= 0.6 is 0 Å². The van der Waals surface area contributed by atoms with E-state index in [1.165, 1.54) is 44.5 Å². The molecule has 0 aliphatic carbocycles. The molecule has 3 nitrogen and oxygen atoms in total. The molecule has 1 saturated heterocycles.